The van der Waals surface area contributed by atoms with Gasteiger partial charge in [-0.25, -0.2) is 4.39 Å². The molecule has 17 heavy (non-hydrogen) atoms. The van der Waals surface area contributed by atoms with Crippen molar-refractivity contribution in [1.82, 2.24) is 5.32 Å². The lowest BCUT2D eigenvalue weighted by Gasteiger charge is -2.11. The molecule has 1 N–H and O–H groups in total. The van der Waals surface area contributed by atoms with E-state index < -0.39 is 0 Å². The third-order valence-electron chi connectivity index (χ3n) is 3.06. The molecule has 1 fully saturated rings. The Kier molecular flexibility index (Phi) is 3.74. The summed E-state index contributed by atoms with van der Waals surface area (Å²) < 4.78 is 18.3. The van der Waals surface area contributed by atoms with Crippen LogP contribution >= 0.6 is 0 Å². The van der Waals surface area contributed by atoms with Gasteiger partial charge in [0, 0.05) is 12.0 Å². The van der Waals surface area contributed by atoms with Gasteiger partial charge in [0.05, 0.1) is 13.2 Å². The van der Waals surface area contributed by atoms with Crippen molar-refractivity contribution in [1.29, 1.82) is 0 Å². The fourth-order valence-electron chi connectivity index (χ4n) is 2.16. The molecule has 1 atom stereocenters. The van der Waals surface area contributed by atoms with Crippen LogP contribution in [0, 0.1) is 5.82 Å². The molecule has 1 saturated heterocycles. The van der Waals surface area contributed by atoms with Gasteiger partial charge in [0.15, 0.2) is 5.78 Å². The Morgan fingerprint density at radius 3 is 3.06 bits per heavy atom. The van der Waals surface area contributed by atoms with Gasteiger partial charge in [-0.15, -0.1) is 0 Å². The van der Waals surface area contributed by atoms with Gasteiger partial charge in [0.2, 0.25) is 0 Å². The minimum atomic E-state index is -0.340. The Morgan fingerprint density at radius 1 is 1.59 bits per heavy atom. The van der Waals surface area contributed by atoms with Crippen molar-refractivity contribution < 1.29 is 13.9 Å². The van der Waals surface area contributed by atoms with E-state index in [-0.39, 0.29) is 24.1 Å². The number of hydrogen-bond acceptors (Lipinski definition) is 3. The molecule has 1 heterocycles. The minimum Gasteiger partial charge on any atom is -0.496 e. The molecule has 0 aromatic heterocycles. The van der Waals surface area contributed by atoms with Crippen LogP contribution in [0.2, 0.25) is 0 Å². The van der Waals surface area contributed by atoms with Crippen LogP contribution in [0.15, 0.2) is 18.2 Å². The highest BCUT2D eigenvalue weighted by Crippen LogP contribution is 2.21. The predicted octanol–water partition coefficient (Wildman–Crippen LogP) is 1.70. The number of carbonyl (C=O) groups is 1. The van der Waals surface area contributed by atoms with E-state index in [2.05, 4.69) is 5.32 Å². The molecule has 92 valence electrons. The Morgan fingerprint density at radius 2 is 2.41 bits per heavy atom. The smallest absolute Gasteiger partial charge is 0.154 e. The van der Waals surface area contributed by atoms with Crippen LogP contribution in [0.1, 0.15) is 18.4 Å². The van der Waals surface area contributed by atoms with Gasteiger partial charge in [0.25, 0.3) is 0 Å². The molecule has 1 aromatic rings. The number of ether oxygens (including phenoxy) is 1. The highest BCUT2D eigenvalue weighted by molar-refractivity contribution is 5.86. The molecule has 1 aliphatic rings. The summed E-state index contributed by atoms with van der Waals surface area (Å²) in [5.41, 5.74) is 0.617. The number of nitrogens with one attached hydrogen (secondary N) is 1. The normalized spacial score (nSPS) is 19.3. The molecule has 0 amide bonds. The molecule has 0 spiro atoms. The number of benzene rings is 1. The van der Waals surface area contributed by atoms with Crippen molar-refractivity contribution in [2.45, 2.75) is 25.3 Å². The summed E-state index contributed by atoms with van der Waals surface area (Å²) in [4.78, 5) is 12.0. The number of hydrogen-bond donors (Lipinski definition) is 1. The lowest BCUT2D eigenvalue weighted by Crippen LogP contribution is -2.32. The highest BCUT2D eigenvalue weighted by atomic mass is 19.1. The molecule has 1 aromatic carbocycles. The summed E-state index contributed by atoms with van der Waals surface area (Å²) in [6.45, 7) is 0.886. The van der Waals surface area contributed by atoms with Crippen molar-refractivity contribution in [2.24, 2.45) is 0 Å². The SMILES string of the molecule is COc1ccc(F)cc1CC(=O)C1CCCN1. The van der Waals surface area contributed by atoms with E-state index in [0.717, 1.165) is 19.4 Å². The molecular formula is C13H16FNO2. The van der Waals surface area contributed by atoms with Crippen LogP contribution in [-0.4, -0.2) is 25.5 Å². The maximum absolute atomic E-state index is 13.1. The average molecular weight is 237 g/mol. The van der Waals surface area contributed by atoms with Gasteiger partial charge < -0.3 is 10.1 Å². The first-order chi connectivity index (χ1) is 8.20. The minimum absolute atomic E-state index is 0.0806. The molecule has 2 rings (SSSR count). The van der Waals surface area contributed by atoms with Crippen LogP contribution < -0.4 is 10.1 Å². The lowest BCUT2D eigenvalue weighted by molar-refractivity contribution is -0.120. The first kappa shape index (κ1) is 12.0. The molecule has 0 radical (unpaired) electrons. The molecule has 3 nitrogen and oxygen atoms in total. The first-order valence-electron chi connectivity index (χ1n) is 5.79. The zero-order chi connectivity index (χ0) is 12.3. The van der Waals surface area contributed by atoms with Crippen LogP contribution in [-0.2, 0) is 11.2 Å². The van der Waals surface area contributed by atoms with Crippen molar-refractivity contribution in [2.75, 3.05) is 13.7 Å². The number of carbonyl (C=O) groups excluding carboxylic acids is 1. The van der Waals surface area contributed by atoms with Gasteiger partial charge in [0.1, 0.15) is 11.6 Å². The van der Waals surface area contributed by atoms with E-state index in [1.54, 1.807) is 6.07 Å². The Balaban J connectivity index is 2.11. The van der Waals surface area contributed by atoms with Crippen LogP contribution in [0.3, 0.4) is 0 Å². The summed E-state index contributed by atoms with van der Waals surface area (Å²) in [5, 5.41) is 3.14. The molecule has 0 bridgehead atoms. The van der Waals surface area contributed by atoms with Gasteiger partial charge in [-0.1, -0.05) is 0 Å². The van der Waals surface area contributed by atoms with Crippen LogP contribution in [0.5, 0.6) is 5.75 Å². The molecule has 1 unspecified atom stereocenters. The van der Waals surface area contributed by atoms with Gasteiger partial charge >= 0.3 is 0 Å². The van der Waals surface area contributed by atoms with E-state index in [1.807, 2.05) is 0 Å². The third kappa shape index (κ3) is 2.82. The molecule has 0 aliphatic carbocycles. The predicted molar refractivity (Wildman–Crippen MR) is 62.7 cm³/mol. The van der Waals surface area contributed by atoms with Gasteiger partial charge in [-0.05, 0) is 37.6 Å². The zero-order valence-electron chi connectivity index (χ0n) is 9.83. The number of methoxy groups -OCH3 is 1. The Labute approximate surface area is 100.0 Å². The highest BCUT2D eigenvalue weighted by Gasteiger charge is 2.22. The lowest BCUT2D eigenvalue weighted by atomic mass is 10.0. The van der Waals surface area contributed by atoms with Gasteiger partial charge in [-0.3, -0.25) is 4.79 Å². The fraction of sp³-hybridized carbons (Fsp3) is 0.462. The molecule has 0 saturated carbocycles. The van der Waals surface area contributed by atoms with Crippen molar-refractivity contribution in [3.05, 3.63) is 29.6 Å². The summed E-state index contributed by atoms with van der Waals surface area (Å²) in [6, 6.07) is 4.18. The number of halogens is 1. The van der Waals surface area contributed by atoms with Crippen molar-refractivity contribution in [3.8, 4) is 5.75 Å². The second-order valence-corrected chi connectivity index (χ2v) is 4.25. The molecular weight excluding hydrogens is 221 g/mol. The Bertz CT molecular complexity index is 414. The van der Waals surface area contributed by atoms with Crippen molar-refractivity contribution >= 4 is 5.78 Å². The van der Waals surface area contributed by atoms with E-state index in [0.29, 0.717) is 11.3 Å². The zero-order valence-corrected chi connectivity index (χ0v) is 9.83. The number of ketones is 1. The van der Waals surface area contributed by atoms with Crippen LogP contribution in [0.4, 0.5) is 4.39 Å². The topological polar surface area (TPSA) is 38.3 Å². The maximum Gasteiger partial charge on any atom is 0.154 e. The standard InChI is InChI=1S/C13H16FNO2/c1-17-13-5-4-10(14)7-9(13)8-12(16)11-3-2-6-15-11/h4-5,7,11,15H,2-3,6,8H2,1H3. The third-order valence-corrected chi connectivity index (χ3v) is 3.06. The summed E-state index contributed by atoms with van der Waals surface area (Å²) in [7, 11) is 1.52. The molecule has 4 heteroatoms. The fourth-order valence-corrected chi connectivity index (χ4v) is 2.16. The number of rotatable bonds is 4. The van der Waals surface area contributed by atoms with E-state index in [4.69, 9.17) is 4.74 Å². The van der Waals surface area contributed by atoms with Gasteiger partial charge in [-0.2, -0.15) is 0 Å². The maximum atomic E-state index is 13.1. The molecule has 1 aliphatic heterocycles. The number of Topliss-reactive ketones (excluding diaryl/α,β-unsaturated/α-hetero) is 1. The summed E-state index contributed by atoms with van der Waals surface area (Å²) >= 11 is 0. The van der Waals surface area contributed by atoms with Crippen LogP contribution in [0.25, 0.3) is 0 Å². The van der Waals surface area contributed by atoms with E-state index in [1.165, 1.54) is 19.2 Å². The average Bonchev–Trinajstić information content (AvgIpc) is 2.83. The first-order valence-corrected chi connectivity index (χ1v) is 5.79. The monoisotopic (exact) mass is 237 g/mol. The largest absolute Gasteiger partial charge is 0.496 e. The van der Waals surface area contributed by atoms with E-state index in [9.17, 15) is 9.18 Å². The van der Waals surface area contributed by atoms with E-state index >= 15 is 0 Å². The second-order valence-electron chi connectivity index (χ2n) is 4.25. The summed E-state index contributed by atoms with van der Waals surface area (Å²) in [6.07, 6.45) is 2.12. The Hall–Kier alpha value is -1.42. The second kappa shape index (κ2) is 5.27. The summed E-state index contributed by atoms with van der Waals surface area (Å²) in [5.74, 6) is 0.331. The van der Waals surface area contributed by atoms with Crippen molar-refractivity contribution in [3.63, 3.8) is 0 Å². The quantitative estimate of drug-likeness (QED) is 0.866.